The summed E-state index contributed by atoms with van der Waals surface area (Å²) in [5, 5.41) is 10.0. The van der Waals surface area contributed by atoms with Crippen LogP contribution >= 0.6 is 11.6 Å². The summed E-state index contributed by atoms with van der Waals surface area (Å²) in [6.07, 6.45) is -0.0608. The summed E-state index contributed by atoms with van der Waals surface area (Å²) in [7, 11) is 0. The zero-order valence-corrected chi connectivity index (χ0v) is 13.0. The number of benzene rings is 1. The normalized spacial score (nSPS) is 18.1. The molecule has 2 rings (SSSR count). The lowest BCUT2D eigenvalue weighted by Gasteiger charge is -2.35. The predicted molar refractivity (Wildman–Crippen MR) is 78.5 cm³/mol. The predicted octanol–water partition coefficient (Wildman–Crippen LogP) is 3.26. The molecule has 0 saturated carbocycles. The van der Waals surface area contributed by atoms with Crippen LogP contribution < -0.4 is 0 Å². The first-order valence-electron chi connectivity index (χ1n) is 6.70. The van der Waals surface area contributed by atoms with E-state index in [1.165, 1.54) is 4.90 Å². The van der Waals surface area contributed by atoms with Crippen LogP contribution in [-0.4, -0.2) is 34.2 Å². The molecular formula is C15H18ClNO4. The summed E-state index contributed by atoms with van der Waals surface area (Å²) < 4.78 is 5.29. The third-order valence-electron chi connectivity index (χ3n) is 3.20. The standard InChI is InChI=1S/C15H18ClNO4/c1-15(2,3)21-14(20)17-7-6-9-8-10(16)4-5-11(9)12(17)13(18)19/h4-5,8,12H,6-7H2,1-3H3,(H,18,19)/t12-/m0/s1. The number of hydrogen-bond acceptors (Lipinski definition) is 3. The molecule has 1 aromatic rings. The minimum absolute atomic E-state index is 0.291. The summed E-state index contributed by atoms with van der Waals surface area (Å²) in [5.74, 6) is -1.08. The molecule has 1 heterocycles. The molecule has 1 N–H and O–H groups in total. The molecule has 0 bridgehead atoms. The Kier molecular flexibility index (Phi) is 4.14. The second-order valence-electron chi connectivity index (χ2n) is 6.01. The van der Waals surface area contributed by atoms with E-state index in [0.717, 1.165) is 5.56 Å². The molecule has 0 fully saturated rings. The summed E-state index contributed by atoms with van der Waals surface area (Å²) in [6.45, 7) is 5.54. The Morgan fingerprint density at radius 3 is 2.62 bits per heavy atom. The molecule has 5 nitrogen and oxygen atoms in total. The van der Waals surface area contributed by atoms with Crippen molar-refractivity contribution in [3.05, 3.63) is 34.3 Å². The molecule has 21 heavy (non-hydrogen) atoms. The number of carboxylic acids is 1. The lowest BCUT2D eigenvalue weighted by atomic mass is 9.93. The van der Waals surface area contributed by atoms with Gasteiger partial charge < -0.3 is 9.84 Å². The molecule has 0 saturated heterocycles. The molecule has 0 aliphatic carbocycles. The van der Waals surface area contributed by atoms with Gasteiger partial charge in [0.2, 0.25) is 0 Å². The number of carboxylic acid groups (broad SMARTS) is 1. The first-order chi connectivity index (χ1) is 9.69. The number of aliphatic carboxylic acids is 1. The van der Waals surface area contributed by atoms with Crippen LogP contribution in [0.3, 0.4) is 0 Å². The van der Waals surface area contributed by atoms with E-state index in [9.17, 15) is 14.7 Å². The van der Waals surface area contributed by atoms with Gasteiger partial charge in [-0.2, -0.15) is 0 Å². The van der Waals surface area contributed by atoms with Crippen LogP contribution in [-0.2, 0) is 16.0 Å². The number of ether oxygens (including phenoxy) is 1. The second kappa shape index (κ2) is 5.56. The fourth-order valence-corrected chi connectivity index (χ4v) is 2.57. The van der Waals surface area contributed by atoms with E-state index in [-0.39, 0.29) is 0 Å². The number of carbonyl (C=O) groups excluding carboxylic acids is 1. The van der Waals surface area contributed by atoms with Gasteiger partial charge in [0.25, 0.3) is 0 Å². The van der Waals surface area contributed by atoms with E-state index in [0.29, 0.717) is 23.6 Å². The monoisotopic (exact) mass is 311 g/mol. The Morgan fingerprint density at radius 2 is 2.05 bits per heavy atom. The van der Waals surface area contributed by atoms with Crippen LogP contribution in [0.2, 0.25) is 5.02 Å². The number of rotatable bonds is 1. The van der Waals surface area contributed by atoms with Gasteiger partial charge in [-0.1, -0.05) is 17.7 Å². The first kappa shape index (κ1) is 15.6. The Bertz CT molecular complexity index is 580. The minimum Gasteiger partial charge on any atom is -0.479 e. The van der Waals surface area contributed by atoms with Crippen molar-refractivity contribution in [1.29, 1.82) is 0 Å². The van der Waals surface area contributed by atoms with Crippen LogP contribution in [0.15, 0.2) is 18.2 Å². The fourth-order valence-electron chi connectivity index (χ4n) is 2.38. The van der Waals surface area contributed by atoms with Crippen molar-refractivity contribution in [2.24, 2.45) is 0 Å². The average Bonchev–Trinajstić information content (AvgIpc) is 2.34. The molecule has 0 radical (unpaired) electrons. The maximum absolute atomic E-state index is 12.2. The quantitative estimate of drug-likeness (QED) is 0.864. The topological polar surface area (TPSA) is 66.8 Å². The molecule has 6 heteroatoms. The van der Waals surface area contributed by atoms with Crippen molar-refractivity contribution < 1.29 is 19.4 Å². The second-order valence-corrected chi connectivity index (χ2v) is 6.44. The summed E-state index contributed by atoms with van der Waals surface area (Å²) in [4.78, 5) is 25.1. The summed E-state index contributed by atoms with van der Waals surface area (Å²) in [5.41, 5.74) is 0.777. The van der Waals surface area contributed by atoms with E-state index in [4.69, 9.17) is 16.3 Å². The van der Waals surface area contributed by atoms with Crippen molar-refractivity contribution in [3.63, 3.8) is 0 Å². The Labute approximate surface area is 128 Å². The molecule has 1 amide bonds. The molecule has 1 aliphatic rings. The van der Waals surface area contributed by atoms with Gasteiger partial charge in [0.1, 0.15) is 5.60 Å². The Balaban J connectivity index is 2.35. The highest BCUT2D eigenvalue weighted by atomic mass is 35.5. The van der Waals surface area contributed by atoms with E-state index in [1.54, 1.807) is 39.0 Å². The molecular weight excluding hydrogens is 294 g/mol. The van der Waals surface area contributed by atoms with Crippen LogP contribution in [0.5, 0.6) is 0 Å². The zero-order chi connectivity index (χ0) is 15.8. The van der Waals surface area contributed by atoms with E-state index in [2.05, 4.69) is 0 Å². The number of nitrogens with zero attached hydrogens (tertiary/aromatic N) is 1. The van der Waals surface area contributed by atoms with E-state index < -0.39 is 23.7 Å². The van der Waals surface area contributed by atoms with Gasteiger partial charge in [-0.15, -0.1) is 0 Å². The fraction of sp³-hybridized carbons (Fsp3) is 0.467. The van der Waals surface area contributed by atoms with Gasteiger partial charge in [0.05, 0.1) is 0 Å². The van der Waals surface area contributed by atoms with Crippen molar-refractivity contribution >= 4 is 23.7 Å². The molecule has 1 aromatic carbocycles. The van der Waals surface area contributed by atoms with Crippen LogP contribution in [0.4, 0.5) is 4.79 Å². The van der Waals surface area contributed by atoms with Gasteiger partial charge in [-0.25, -0.2) is 9.59 Å². The molecule has 1 aliphatic heterocycles. The minimum atomic E-state index is -1.08. The lowest BCUT2D eigenvalue weighted by Crippen LogP contribution is -2.45. The largest absolute Gasteiger partial charge is 0.479 e. The van der Waals surface area contributed by atoms with Gasteiger partial charge in [-0.05, 0) is 50.5 Å². The number of halogens is 1. The van der Waals surface area contributed by atoms with Crippen LogP contribution in [0, 0.1) is 0 Å². The van der Waals surface area contributed by atoms with E-state index in [1.807, 2.05) is 0 Å². The molecule has 114 valence electrons. The zero-order valence-electron chi connectivity index (χ0n) is 12.2. The van der Waals surface area contributed by atoms with Gasteiger partial charge in [0.15, 0.2) is 6.04 Å². The molecule has 0 aromatic heterocycles. The van der Waals surface area contributed by atoms with Crippen LogP contribution in [0.1, 0.15) is 37.9 Å². The Morgan fingerprint density at radius 1 is 1.38 bits per heavy atom. The van der Waals surface area contributed by atoms with Gasteiger partial charge >= 0.3 is 12.1 Å². The smallest absolute Gasteiger partial charge is 0.411 e. The lowest BCUT2D eigenvalue weighted by molar-refractivity contribution is -0.143. The number of carbonyl (C=O) groups is 2. The molecule has 0 spiro atoms. The number of fused-ring (bicyclic) bond motifs is 1. The molecule has 1 atom stereocenters. The third-order valence-corrected chi connectivity index (χ3v) is 3.43. The number of hydrogen-bond donors (Lipinski definition) is 1. The number of amides is 1. The summed E-state index contributed by atoms with van der Waals surface area (Å²) in [6, 6.07) is 4.00. The van der Waals surface area contributed by atoms with E-state index >= 15 is 0 Å². The van der Waals surface area contributed by atoms with Crippen molar-refractivity contribution in [2.75, 3.05) is 6.54 Å². The van der Waals surface area contributed by atoms with Gasteiger partial charge in [-0.3, -0.25) is 4.90 Å². The molecule has 0 unspecified atom stereocenters. The third kappa shape index (κ3) is 3.47. The SMILES string of the molecule is CC(C)(C)OC(=O)N1CCc2cc(Cl)ccc2[C@H]1C(=O)O. The average molecular weight is 312 g/mol. The van der Waals surface area contributed by atoms with Crippen molar-refractivity contribution in [2.45, 2.75) is 38.8 Å². The highest BCUT2D eigenvalue weighted by molar-refractivity contribution is 6.30. The van der Waals surface area contributed by atoms with Gasteiger partial charge in [0, 0.05) is 11.6 Å². The van der Waals surface area contributed by atoms with Crippen LogP contribution in [0.25, 0.3) is 0 Å². The highest BCUT2D eigenvalue weighted by Gasteiger charge is 2.38. The highest BCUT2D eigenvalue weighted by Crippen LogP contribution is 2.32. The van der Waals surface area contributed by atoms with Crippen molar-refractivity contribution in [3.8, 4) is 0 Å². The maximum Gasteiger partial charge on any atom is 0.411 e. The maximum atomic E-state index is 12.2. The Hall–Kier alpha value is -1.75. The first-order valence-corrected chi connectivity index (χ1v) is 7.07. The summed E-state index contributed by atoms with van der Waals surface area (Å²) >= 11 is 5.94. The van der Waals surface area contributed by atoms with Crippen molar-refractivity contribution in [1.82, 2.24) is 4.90 Å².